The molecule has 0 unspecified atom stereocenters. The molecule has 1 aliphatic heterocycles. The number of rotatable bonds is 8. The first-order valence-corrected chi connectivity index (χ1v) is 11.2. The molecule has 0 spiro atoms. The van der Waals surface area contributed by atoms with E-state index in [-0.39, 0.29) is 12.4 Å². The lowest BCUT2D eigenvalue weighted by atomic mass is 10.0. The van der Waals surface area contributed by atoms with Crippen LogP contribution in [0.25, 0.3) is 22.6 Å². The summed E-state index contributed by atoms with van der Waals surface area (Å²) >= 11 is 6.49. The van der Waals surface area contributed by atoms with Crippen LogP contribution in [0.4, 0.5) is 14.6 Å². The second-order valence-corrected chi connectivity index (χ2v) is 8.83. The summed E-state index contributed by atoms with van der Waals surface area (Å²) in [4.78, 5) is 10.9. The predicted octanol–water partition coefficient (Wildman–Crippen LogP) is 3.79. The van der Waals surface area contributed by atoms with Crippen molar-refractivity contribution in [1.82, 2.24) is 20.4 Å². The molecule has 1 aliphatic rings. The summed E-state index contributed by atoms with van der Waals surface area (Å²) < 4.78 is 38.4. The van der Waals surface area contributed by atoms with Crippen molar-refractivity contribution in [2.45, 2.75) is 32.8 Å². The van der Waals surface area contributed by atoms with Gasteiger partial charge in [0.15, 0.2) is 5.82 Å². The average Bonchev–Trinajstić information content (AvgIpc) is 3.10. The highest BCUT2D eigenvalue weighted by atomic mass is 35.5. The predicted molar refractivity (Wildman–Crippen MR) is 125 cm³/mol. The third-order valence-electron chi connectivity index (χ3n) is 5.60. The van der Waals surface area contributed by atoms with Gasteiger partial charge >= 0.3 is 0 Å². The van der Waals surface area contributed by atoms with Crippen LogP contribution in [0.15, 0.2) is 22.7 Å². The van der Waals surface area contributed by atoms with E-state index in [0.29, 0.717) is 57.0 Å². The minimum Gasteiger partial charge on any atom is -0.491 e. The second-order valence-electron chi connectivity index (χ2n) is 8.42. The third-order valence-corrected chi connectivity index (χ3v) is 5.92. The second kappa shape index (κ2) is 9.44. The molecule has 3 aromatic rings. The number of aliphatic hydroxyl groups excluding tert-OH is 1. The van der Waals surface area contributed by atoms with Gasteiger partial charge in [-0.25, -0.2) is 18.7 Å². The number of nitrogens with one attached hydrogen (secondary N) is 1. The number of aryl methyl sites for hydroxylation is 2. The number of anilines is 1. The number of hydrogen-bond acceptors (Lipinski definition) is 8. The highest BCUT2D eigenvalue weighted by Gasteiger charge is 2.45. The Morgan fingerprint density at radius 3 is 2.62 bits per heavy atom. The van der Waals surface area contributed by atoms with Crippen LogP contribution in [0.3, 0.4) is 0 Å². The number of likely N-dealkylation sites (N-methyl/N-ethyl adjacent to an activating group) is 1. The molecule has 1 saturated heterocycles. The number of alkyl halides is 2. The van der Waals surface area contributed by atoms with E-state index in [2.05, 4.69) is 15.5 Å². The summed E-state index contributed by atoms with van der Waals surface area (Å²) in [7, 11) is 1.74. The molecule has 34 heavy (non-hydrogen) atoms. The molecule has 1 atom stereocenters. The molecule has 11 heteroatoms. The van der Waals surface area contributed by atoms with Crippen molar-refractivity contribution in [2.75, 3.05) is 38.2 Å². The summed E-state index contributed by atoms with van der Waals surface area (Å²) in [6.07, 6.45) is -0.689. The van der Waals surface area contributed by atoms with E-state index >= 15 is 0 Å². The van der Waals surface area contributed by atoms with E-state index in [0.717, 1.165) is 0 Å². The highest BCUT2D eigenvalue weighted by molar-refractivity contribution is 6.33. The van der Waals surface area contributed by atoms with Crippen molar-refractivity contribution >= 4 is 17.4 Å². The number of aromatic nitrogens is 3. The van der Waals surface area contributed by atoms with Crippen LogP contribution in [-0.2, 0) is 0 Å². The van der Waals surface area contributed by atoms with Gasteiger partial charge in [-0.2, -0.15) is 0 Å². The van der Waals surface area contributed by atoms with E-state index < -0.39 is 25.1 Å². The van der Waals surface area contributed by atoms with Gasteiger partial charge in [0.1, 0.15) is 30.0 Å². The molecule has 2 N–H and O–H groups in total. The van der Waals surface area contributed by atoms with Gasteiger partial charge in [-0.3, -0.25) is 0 Å². The van der Waals surface area contributed by atoms with Crippen molar-refractivity contribution in [2.24, 2.45) is 0 Å². The van der Waals surface area contributed by atoms with E-state index in [4.69, 9.17) is 25.8 Å². The van der Waals surface area contributed by atoms with E-state index in [1.165, 1.54) is 4.90 Å². The molecule has 8 nitrogen and oxygen atoms in total. The van der Waals surface area contributed by atoms with Crippen molar-refractivity contribution in [1.29, 1.82) is 0 Å². The Morgan fingerprint density at radius 1 is 1.26 bits per heavy atom. The van der Waals surface area contributed by atoms with Crippen LogP contribution in [0.2, 0.25) is 5.02 Å². The first-order valence-electron chi connectivity index (χ1n) is 10.8. The van der Waals surface area contributed by atoms with Gasteiger partial charge in [-0.05, 0) is 46.0 Å². The first-order chi connectivity index (χ1) is 16.1. The van der Waals surface area contributed by atoms with Crippen LogP contribution in [0, 0.1) is 20.8 Å². The minimum atomic E-state index is -2.76. The van der Waals surface area contributed by atoms with Gasteiger partial charge in [-0.15, -0.1) is 0 Å². The maximum absolute atomic E-state index is 13.7. The molecule has 0 aliphatic carbocycles. The molecule has 0 radical (unpaired) electrons. The fraction of sp³-hybridized carbons (Fsp3) is 0.435. The Morgan fingerprint density at radius 2 is 2.00 bits per heavy atom. The lowest BCUT2D eigenvalue weighted by Gasteiger charge is -2.40. The molecule has 0 saturated carbocycles. The molecule has 4 rings (SSSR count). The Kier molecular flexibility index (Phi) is 6.75. The zero-order valence-electron chi connectivity index (χ0n) is 19.3. The maximum atomic E-state index is 13.7. The van der Waals surface area contributed by atoms with Gasteiger partial charge in [0, 0.05) is 17.7 Å². The Hall–Kier alpha value is -2.82. The summed E-state index contributed by atoms with van der Waals surface area (Å²) in [6.45, 7) is 4.97. The van der Waals surface area contributed by atoms with E-state index in [9.17, 15) is 13.9 Å². The molecule has 3 heterocycles. The largest absolute Gasteiger partial charge is 0.491 e. The first kappa shape index (κ1) is 24.3. The van der Waals surface area contributed by atoms with Crippen molar-refractivity contribution in [3.05, 3.63) is 40.2 Å². The molecule has 2 aromatic heterocycles. The number of ether oxygens (including phenoxy) is 1. The van der Waals surface area contributed by atoms with Crippen LogP contribution < -0.4 is 15.0 Å². The standard InChI is InChI=1S/C23H26ClF2N5O3/c1-12-20(19-13(2)30-34-14(19)3)28-21(29-22(12)31-10-23(25,26)11-31)17-7-16(5-6-18(17)24)33-9-15(32)8-27-4/h5-7,15,27,32H,8-11H2,1-4H3/t15-/m1/s1. The van der Waals surface area contributed by atoms with Gasteiger partial charge in [0.25, 0.3) is 5.92 Å². The summed E-state index contributed by atoms with van der Waals surface area (Å²) in [6, 6.07) is 5.00. The normalized spacial score (nSPS) is 15.8. The molecular weight excluding hydrogens is 468 g/mol. The fourth-order valence-corrected chi connectivity index (χ4v) is 4.11. The van der Waals surface area contributed by atoms with Gasteiger partial charge in [-0.1, -0.05) is 16.8 Å². The lowest BCUT2D eigenvalue weighted by Crippen LogP contribution is -2.57. The monoisotopic (exact) mass is 493 g/mol. The summed E-state index contributed by atoms with van der Waals surface area (Å²) in [5.41, 5.74) is 2.98. The smallest absolute Gasteiger partial charge is 0.282 e. The van der Waals surface area contributed by atoms with Crippen LogP contribution >= 0.6 is 11.6 Å². The zero-order valence-corrected chi connectivity index (χ0v) is 20.1. The van der Waals surface area contributed by atoms with Crippen LogP contribution in [-0.4, -0.2) is 65.5 Å². The van der Waals surface area contributed by atoms with Crippen molar-refractivity contribution in [3.63, 3.8) is 0 Å². The lowest BCUT2D eigenvalue weighted by molar-refractivity contribution is -0.0267. The highest BCUT2D eigenvalue weighted by Crippen LogP contribution is 2.40. The number of benzene rings is 1. The number of nitrogens with zero attached hydrogens (tertiary/aromatic N) is 4. The Labute approximate surface area is 200 Å². The fourth-order valence-electron chi connectivity index (χ4n) is 3.91. The molecule has 1 fully saturated rings. The molecule has 182 valence electrons. The van der Waals surface area contributed by atoms with E-state index in [1.807, 2.05) is 0 Å². The van der Waals surface area contributed by atoms with Gasteiger partial charge < -0.3 is 24.6 Å². The minimum absolute atomic E-state index is 0.0785. The number of aliphatic hydroxyl groups is 1. The Balaban J connectivity index is 1.79. The third kappa shape index (κ3) is 4.84. The zero-order chi connectivity index (χ0) is 24.6. The average molecular weight is 494 g/mol. The van der Waals surface area contributed by atoms with Gasteiger partial charge in [0.2, 0.25) is 0 Å². The van der Waals surface area contributed by atoms with Crippen molar-refractivity contribution < 1.29 is 23.1 Å². The maximum Gasteiger partial charge on any atom is 0.282 e. The SMILES string of the molecule is CNC[C@@H](O)COc1ccc(Cl)c(-c2nc(-c3c(C)noc3C)c(C)c(N3CC(F)(F)C3)n2)c1. The Bertz CT molecular complexity index is 1180. The summed E-state index contributed by atoms with van der Waals surface area (Å²) in [5.74, 6) is -1.07. The number of hydrogen-bond donors (Lipinski definition) is 2. The van der Waals surface area contributed by atoms with Crippen molar-refractivity contribution in [3.8, 4) is 28.4 Å². The molecule has 0 amide bonds. The molecule has 0 bridgehead atoms. The quantitative estimate of drug-likeness (QED) is 0.489. The van der Waals surface area contributed by atoms with E-state index in [1.54, 1.807) is 46.0 Å². The van der Waals surface area contributed by atoms with Gasteiger partial charge in [0.05, 0.1) is 35.1 Å². The topological polar surface area (TPSA) is 96.5 Å². The van der Waals surface area contributed by atoms with Crippen LogP contribution in [0.5, 0.6) is 5.75 Å². The number of halogens is 3. The molecular formula is C23H26ClF2N5O3. The summed E-state index contributed by atoms with van der Waals surface area (Å²) in [5, 5.41) is 17.2. The van der Waals surface area contributed by atoms with Crippen LogP contribution in [0.1, 0.15) is 17.0 Å². The molecule has 1 aromatic carbocycles.